The van der Waals surface area contributed by atoms with Gasteiger partial charge in [-0.05, 0) is 72.8 Å². The fourth-order valence-electron chi connectivity index (χ4n) is 4.69. The second kappa shape index (κ2) is 15.3. The van der Waals surface area contributed by atoms with Gasteiger partial charge < -0.3 is 0 Å². The van der Waals surface area contributed by atoms with E-state index in [2.05, 4.69) is 61.0 Å². The molecule has 4 aromatic rings. The molecule has 0 N–H and O–H groups in total. The quantitative estimate of drug-likeness (QED) is 0.114. The predicted molar refractivity (Wildman–Crippen MR) is 168 cm³/mol. The van der Waals surface area contributed by atoms with Crippen LogP contribution in [0.4, 0.5) is 0 Å². The van der Waals surface area contributed by atoms with E-state index in [4.69, 9.17) is 0 Å². The number of hydrogen-bond acceptors (Lipinski definition) is 4. The molecule has 4 rings (SSSR count). The van der Waals surface area contributed by atoms with Crippen LogP contribution in [0.3, 0.4) is 0 Å². The number of thiophene rings is 4. The molecule has 4 aromatic heterocycles. The van der Waals surface area contributed by atoms with Gasteiger partial charge in [0.25, 0.3) is 0 Å². The smallest absolute Gasteiger partial charge is 0.0449 e. The van der Waals surface area contributed by atoms with Crippen LogP contribution in [-0.2, 0) is 12.8 Å². The SMILES string of the molecule is CCCCCCCCc1cc(-c2ccc(-c3ccc(-c4csc(CCCCCCCC)c4)s3)s2)cs1. The summed E-state index contributed by atoms with van der Waals surface area (Å²) < 4.78 is 0. The van der Waals surface area contributed by atoms with E-state index in [-0.39, 0.29) is 0 Å². The molecule has 194 valence electrons. The number of aryl methyl sites for hydroxylation is 2. The first-order valence-corrected chi connectivity index (χ1v) is 17.5. The van der Waals surface area contributed by atoms with Gasteiger partial charge in [0.2, 0.25) is 0 Å². The van der Waals surface area contributed by atoms with E-state index in [1.54, 1.807) is 9.75 Å². The summed E-state index contributed by atoms with van der Waals surface area (Å²) in [6.07, 6.45) is 19.0. The molecule has 4 heterocycles. The minimum absolute atomic E-state index is 1.24. The van der Waals surface area contributed by atoms with Gasteiger partial charge in [-0.2, -0.15) is 0 Å². The average molecular weight is 555 g/mol. The lowest BCUT2D eigenvalue weighted by atomic mass is 10.1. The molecule has 0 aliphatic heterocycles. The molecule has 0 saturated carbocycles. The average Bonchev–Trinajstić information content (AvgIpc) is 3.69. The Morgan fingerprint density at radius 3 is 1.31 bits per heavy atom. The van der Waals surface area contributed by atoms with Crippen molar-refractivity contribution in [2.75, 3.05) is 0 Å². The van der Waals surface area contributed by atoms with Crippen LogP contribution in [0.1, 0.15) is 101 Å². The first-order valence-electron chi connectivity index (χ1n) is 14.1. The summed E-state index contributed by atoms with van der Waals surface area (Å²) in [6, 6.07) is 14.1. The summed E-state index contributed by atoms with van der Waals surface area (Å²) in [7, 11) is 0. The van der Waals surface area contributed by atoms with Gasteiger partial charge in [0.15, 0.2) is 0 Å². The van der Waals surface area contributed by atoms with Crippen molar-refractivity contribution in [2.24, 2.45) is 0 Å². The normalized spacial score (nSPS) is 11.5. The Morgan fingerprint density at radius 1 is 0.472 bits per heavy atom. The van der Waals surface area contributed by atoms with Gasteiger partial charge in [-0.1, -0.05) is 78.1 Å². The molecule has 0 saturated heterocycles. The molecule has 0 radical (unpaired) electrons. The highest BCUT2D eigenvalue weighted by Crippen LogP contribution is 2.42. The van der Waals surface area contributed by atoms with Crippen LogP contribution in [-0.4, -0.2) is 0 Å². The fourth-order valence-corrected chi connectivity index (χ4v) is 8.78. The Labute approximate surface area is 235 Å². The molecular weight excluding hydrogens is 513 g/mol. The van der Waals surface area contributed by atoms with Gasteiger partial charge in [0, 0.05) is 40.4 Å². The second-order valence-electron chi connectivity index (χ2n) is 9.97. The summed E-state index contributed by atoms with van der Waals surface area (Å²) >= 11 is 7.77. The highest BCUT2D eigenvalue weighted by atomic mass is 32.1. The Hall–Kier alpha value is -1.20. The van der Waals surface area contributed by atoms with Gasteiger partial charge >= 0.3 is 0 Å². The van der Waals surface area contributed by atoms with Crippen molar-refractivity contribution in [3.8, 4) is 30.6 Å². The van der Waals surface area contributed by atoms with Crippen molar-refractivity contribution in [1.29, 1.82) is 0 Å². The molecule has 0 unspecified atom stereocenters. The van der Waals surface area contributed by atoms with Gasteiger partial charge in [0.1, 0.15) is 0 Å². The number of unbranched alkanes of at least 4 members (excludes halogenated alkanes) is 10. The summed E-state index contributed by atoms with van der Waals surface area (Å²) in [5.41, 5.74) is 2.82. The summed E-state index contributed by atoms with van der Waals surface area (Å²) in [5, 5.41) is 4.72. The van der Waals surface area contributed by atoms with Crippen LogP contribution in [0.25, 0.3) is 30.6 Å². The standard InChI is InChI=1S/C32H42S4/c1-3-5-7-9-11-13-15-27-21-25(23-33-27)29-17-19-31(35-29)32-20-18-30(36-32)26-22-28(34-24-26)16-14-12-10-8-6-4-2/h17-24H,3-16H2,1-2H3. The maximum Gasteiger partial charge on any atom is 0.0449 e. The van der Waals surface area contributed by atoms with Gasteiger partial charge in [-0.3, -0.25) is 0 Å². The number of rotatable bonds is 17. The molecule has 0 amide bonds. The van der Waals surface area contributed by atoms with Gasteiger partial charge in [0.05, 0.1) is 0 Å². The third kappa shape index (κ3) is 8.41. The minimum Gasteiger partial charge on any atom is -0.148 e. The third-order valence-electron chi connectivity index (χ3n) is 6.88. The molecule has 0 atom stereocenters. The lowest BCUT2D eigenvalue weighted by Gasteiger charge is -1.99. The van der Waals surface area contributed by atoms with E-state index in [0.717, 1.165) is 0 Å². The zero-order chi connectivity index (χ0) is 25.0. The van der Waals surface area contributed by atoms with Crippen molar-refractivity contribution in [3.05, 3.63) is 56.9 Å². The summed E-state index contributed by atoms with van der Waals surface area (Å²) in [6.45, 7) is 4.58. The maximum atomic E-state index is 2.43. The van der Waals surface area contributed by atoms with E-state index in [9.17, 15) is 0 Å². The molecule has 0 aliphatic carbocycles. The predicted octanol–water partition coefficient (Wildman–Crippen LogP) is 12.7. The van der Waals surface area contributed by atoms with Crippen molar-refractivity contribution >= 4 is 45.3 Å². The topological polar surface area (TPSA) is 0 Å². The van der Waals surface area contributed by atoms with E-state index in [1.165, 1.54) is 121 Å². The molecule has 0 nitrogen and oxygen atoms in total. The van der Waals surface area contributed by atoms with Crippen LogP contribution < -0.4 is 0 Å². The lowest BCUT2D eigenvalue weighted by Crippen LogP contribution is -1.82. The number of hydrogen-bond donors (Lipinski definition) is 0. The van der Waals surface area contributed by atoms with Gasteiger partial charge in [-0.15, -0.1) is 45.3 Å². The van der Waals surface area contributed by atoms with Crippen molar-refractivity contribution in [2.45, 2.75) is 104 Å². The third-order valence-corrected chi connectivity index (χ3v) is 11.3. The Bertz CT molecular complexity index is 1050. The zero-order valence-corrected chi connectivity index (χ0v) is 25.4. The lowest BCUT2D eigenvalue weighted by molar-refractivity contribution is 0.609. The molecule has 0 bridgehead atoms. The van der Waals surface area contributed by atoms with Crippen LogP contribution >= 0.6 is 45.3 Å². The first kappa shape index (κ1) is 27.8. The Balaban J connectivity index is 1.28. The van der Waals surface area contributed by atoms with Crippen LogP contribution in [0.2, 0.25) is 0 Å². The van der Waals surface area contributed by atoms with E-state index >= 15 is 0 Å². The molecule has 4 heteroatoms. The van der Waals surface area contributed by atoms with Crippen molar-refractivity contribution < 1.29 is 0 Å². The second-order valence-corrected chi connectivity index (χ2v) is 14.1. The minimum atomic E-state index is 1.24. The molecule has 0 spiro atoms. The van der Waals surface area contributed by atoms with E-state index in [1.807, 2.05) is 45.3 Å². The molecule has 0 aliphatic rings. The van der Waals surface area contributed by atoms with Crippen molar-refractivity contribution in [1.82, 2.24) is 0 Å². The maximum absolute atomic E-state index is 2.43. The molecule has 0 fully saturated rings. The van der Waals surface area contributed by atoms with Crippen LogP contribution in [0, 0.1) is 0 Å². The summed E-state index contributed by atoms with van der Waals surface area (Å²) in [5.74, 6) is 0. The monoisotopic (exact) mass is 554 g/mol. The van der Waals surface area contributed by atoms with Crippen molar-refractivity contribution in [3.63, 3.8) is 0 Å². The highest BCUT2D eigenvalue weighted by Gasteiger charge is 2.11. The van der Waals surface area contributed by atoms with Crippen LogP contribution in [0.5, 0.6) is 0 Å². The van der Waals surface area contributed by atoms with E-state index < -0.39 is 0 Å². The Kier molecular flexibility index (Phi) is 11.8. The molecular formula is C32H42S4. The first-order chi connectivity index (χ1) is 17.8. The fraction of sp³-hybridized carbons (Fsp3) is 0.500. The zero-order valence-electron chi connectivity index (χ0n) is 22.2. The molecule has 0 aromatic carbocycles. The largest absolute Gasteiger partial charge is 0.148 e. The van der Waals surface area contributed by atoms with Gasteiger partial charge in [-0.25, -0.2) is 0 Å². The van der Waals surface area contributed by atoms with Crippen LogP contribution in [0.15, 0.2) is 47.2 Å². The van der Waals surface area contributed by atoms with E-state index in [0.29, 0.717) is 0 Å². The summed E-state index contributed by atoms with van der Waals surface area (Å²) in [4.78, 5) is 8.69. The molecule has 36 heavy (non-hydrogen) atoms. The highest BCUT2D eigenvalue weighted by molar-refractivity contribution is 7.25. The Morgan fingerprint density at radius 2 is 0.861 bits per heavy atom.